The standard InChI is InChI=1S/C12H18F2N2O4S/c1-19-10-4-3-9(7-11(10)20-12(13)14)8-16-5-2-6-21(15,17)18/h3-4,7,12,16H,2,5-6,8H2,1H3,(H2,15,17,18). The highest BCUT2D eigenvalue weighted by molar-refractivity contribution is 7.89. The molecule has 0 aromatic heterocycles. The third kappa shape index (κ3) is 7.21. The first kappa shape index (κ1) is 17.6. The van der Waals surface area contributed by atoms with Gasteiger partial charge in [-0.2, -0.15) is 8.78 Å². The zero-order valence-corrected chi connectivity index (χ0v) is 12.3. The summed E-state index contributed by atoms with van der Waals surface area (Å²) in [5.41, 5.74) is 0.710. The van der Waals surface area contributed by atoms with E-state index >= 15 is 0 Å². The van der Waals surface area contributed by atoms with Gasteiger partial charge in [-0.25, -0.2) is 13.6 Å². The maximum atomic E-state index is 12.3. The summed E-state index contributed by atoms with van der Waals surface area (Å²) < 4.78 is 55.3. The predicted molar refractivity (Wildman–Crippen MR) is 73.9 cm³/mol. The Labute approximate surface area is 122 Å². The van der Waals surface area contributed by atoms with Crippen molar-refractivity contribution in [3.05, 3.63) is 23.8 Å². The molecule has 3 N–H and O–H groups in total. The van der Waals surface area contributed by atoms with Gasteiger partial charge in [-0.05, 0) is 30.7 Å². The molecule has 120 valence electrons. The molecule has 0 bridgehead atoms. The number of benzene rings is 1. The zero-order chi connectivity index (χ0) is 15.9. The molecule has 0 spiro atoms. The van der Waals surface area contributed by atoms with E-state index in [2.05, 4.69) is 10.1 Å². The molecule has 9 heteroatoms. The molecule has 1 aromatic rings. The lowest BCUT2D eigenvalue weighted by molar-refractivity contribution is -0.0512. The first-order valence-electron chi connectivity index (χ1n) is 6.15. The van der Waals surface area contributed by atoms with Crippen molar-refractivity contribution in [2.75, 3.05) is 19.4 Å². The van der Waals surface area contributed by atoms with Crippen LogP contribution >= 0.6 is 0 Å². The number of ether oxygens (including phenoxy) is 2. The summed E-state index contributed by atoms with van der Waals surface area (Å²) in [6.45, 7) is -2.11. The summed E-state index contributed by atoms with van der Waals surface area (Å²) >= 11 is 0. The van der Waals surface area contributed by atoms with Crippen LogP contribution in [0.2, 0.25) is 0 Å². The maximum Gasteiger partial charge on any atom is 0.387 e. The average molecular weight is 324 g/mol. The molecule has 0 amide bonds. The molecule has 0 radical (unpaired) electrons. The minimum absolute atomic E-state index is 0.0451. The molecule has 0 saturated carbocycles. The molecule has 0 fully saturated rings. The number of methoxy groups -OCH3 is 1. The second-order valence-corrected chi connectivity index (χ2v) is 5.99. The monoisotopic (exact) mass is 324 g/mol. The van der Waals surface area contributed by atoms with Crippen molar-refractivity contribution in [1.29, 1.82) is 0 Å². The summed E-state index contributed by atoms with van der Waals surface area (Å²) in [6, 6.07) is 4.67. The van der Waals surface area contributed by atoms with Crippen molar-refractivity contribution >= 4 is 10.0 Å². The van der Waals surface area contributed by atoms with E-state index in [1.54, 1.807) is 6.07 Å². The summed E-state index contributed by atoms with van der Waals surface area (Å²) in [6.07, 6.45) is 0.370. The highest BCUT2D eigenvalue weighted by atomic mass is 32.2. The van der Waals surface area contributed by atoms with E-state index in [1.165, 1.54) is 19.2 Å². The maximum absolute atomic E-state index is 12.3. The molecule has 0 unspecified atom stereocenters. The summed E-state index contributed by atoms with van der Waals surface area (Å²) in [4.78, 5) is 0. The van der Waals surface area contributed by atoms with Crippen molar-refractivity contribution in [3.63, 3.8) is 0 Å². The first-order chi connectivity index (χ1) is 9.81. The molecule has 0 aliphatic rings. The first-order valence-corrected chi connectivity index (χ1v) is 7.86. The average Bonchev–Trinajstić information content (AvgIpc) is 2.36. The summed E-state index contributed by atoms with van der Waals surface area (Å²) in [5, 5.41) is 7.86. The summed E-state index contributed by atoms with van der Waals surface area (Å²) in [5.74, 6) is 0.0622. The lowest BCUT2D eigenvalue weighted by Gasteiger charge is -2.12. The molecule has 0 aliphatic heterocycles. The van der Waals surface area contributed by atoms with Gasteiger partial charge in [-0.3, -0.25) is 0 Å². The molecule has 0 atom stereocenters. The molecule has 21 heavy (non-hydrogen) atoms. The van der Waals surface area contributed by atoms with Crippen molar-refractivity contribution in [3.8, 4) is 11.5 Å². The molecule has 6 nitrogen and oxygen atoms in total. The number of hydrogen-bond acceptors (Lipinski definition) is 5. The number of primary sulfonamides is 1. The van der Waals surface area contributed by atoms with E-state index in [1.807, 2.05) is 0 Å². The lowest BCUT2D eigenvalue weighted by atomic mass is 10.2. The second kappa shape index (κ2) is 8.11. The predicted octanol–water partition coefficient (Wildman–Crippen LogP) is 1.06. The van der Waals surface area contributed by atoms with E-state index in [-0.39, 0.29) is 17.3 Å². The van der Waals surface area contributed by atoms with Gasteiger partial charge in [-0.15, -0.1) is 0 Å². The third-order valence-electron chi connectivity index (χ3n) is 2.56. The second-order valence-electron chi connectivity index (χ2n) is 4.26. The number of alkyl halides is 2. The number of hydrogen-bond donors (Lipinski definition) is 2. The minimum Gasteiger partial charge on any atom is -0.493 e. The molecule has 1 rings (SSSR count). The Morgan fingerprint density at radius 1 is 1.33 bits per heavy atom. The fraction of sp³-hybridized carbons (Fsp3) is 0.500. The Kier molecular flexibility index (Phi) is 6.79. The molecular weight excluding hydrogens is 306 g/mol. The molecular formula is C12H18F2N2O4S. The van der Waals surface area contributed by atoms with E-state index in [0.717, 1.165) is 0 Å². The quantitative estimate of drug-likeness (QED) is 0.663. The number of halogens is 2. The van der Waals surface area contributed by atoms with Crippen LogP contribution in [0.5, 0.6) is 11.5 Å². The van der Waals surface area contributed by atoms with Gasteiger partial charge >= 0.3 is 6.61 Å². The fourth-order valence-electron chi connectivity index (χ4n) is 1.65. The van der Waals surface area contributed by atoms with Gasteiger partial charge < -0.3 is 14.8 Å². The Morgan fingerprint density at radius 3 is 2.62 bits per heavy atom. The number of nitrogens with two attached hydrogens (primary N) is 1. The van der Waals surface area contributed by atoms with Gasteiger partial charge in [0.15, 0.2) is 11.5 Å². The van der Waals surface area contributed by atoms with Crippen LogP contribution in [0.4, 0.5) is 8.78 Å². The van der Waals surface area contributed by atoms with Crippen LogP contribution < -0.4 is 19.9 Å². The van der Waals surface area contributed by atoms with Gasteiger partial charge in [0, 0.05) is 6.54 Å². The Balaban J connectivity index is 2.52. The number of sulfonamides is 1. The Bertz CT molecular complexity index is 552. The topological polar surface area (TPSA) is 90.6 Å². The van der Waals surface area contributed by atoms with Crippen LogP contribution in [-0.2, 0) is 16.6 Å². The smallest absolute Gasteiger partial charge is 0.387 e. The van der Waals surface area contributed by atoms with Gasteiger partial charge in [0.05, 0.1) is 12.9 Å². The van der Waals surface area contributed by atoms with Crippen molar-refractivity contribution < 1.29 is 26.7 Å². The SMILES string of the molecule is COc1ccc(CNCCCS(N)(=O)=O)cc1OC(F)F. The normalized spacial score (nSPS) is 11.7. The van der Waals surface area contributed by atoms with Gasteiger partial charge in [0.2, 0.25) is 10.0 Å². The Hall–Kier alpha value is -1.45. The molecule has 1 aromatic carbocycles. The van der Waals surface area contributed by atoms with Crippen LogP contribution in [0.3, 0.4) is 0 Å². The van der Waals surface area contributed by atoms with Crippen LogP contribution in [0.1, 0.15) is 12.0 Å². The van der Waals surface area contributed by atoms with Crippen LogP contribution in [0.15, 0.2) is 18.2 Å². The molecule has 0 aliphatic carbocycles. The van der Waals surface area contributed by atoms with E-state index < -0.39 is 16.6 Å². The van der Waals surface area contributed by atoms with Crippen LogP contribution in [0, 0.1) is 0 Å². The van der Waals surface area contributed by atoms with Gasteiger partial charge in [0.1, 0.15) is 0 Å². The van der Waals surface area contributed by atoms with Crippen molar-refractivity contribution in [2.24, 2.45) is 5.14 Å². The summed E-state index contributed by atoms with van der Waals surface area (Å²) in [7, 11) is -2.10. The Morgan fingerprint density at radius 2 is 2.05 bits per heavy atom. The van der Waals surface area contributed by atoms with E-state index in [9.17, 15) is 17.2 Å². The van der Waals surface area contributed by atoms with E-state index in [4.69, 9.17) is 9.88 Å². The van der Waals surface area contributed by atoms with E-state index in [0.29, 0.717) is 25.1 Å². The van der Waals surface area contributed by atoms with Crippen LogP contribution in [-0.4, -0.2) is 34.4 Å². The third-order valence-corrected chi connectivity index (χ3v) is 3.41. The van der Waals surface area contributed by atoms with Crippen molar-refractivity contribution in [2.45, 2.75) is 19.6 Å². The lowest BCUT2D eigenvalue weighted by Crippen LogP contribution is -2.22. The molecule has 0 heterocycles. The number of rotatable bonds is 9. The zero-order valence-electron chi connectivity index (χ0n) is 11.5. The van der Waals surface area contributed by atoms with Crippen LogP contribution in [0.25, 0.3) is 0 Å². The highest BCUT2D eigenvalue weighted by Crippen LogP contribution is 2.29. The largest absolute Gasteiger partial charge is 0.493 e. The van der Waals surface area contributed by atoms with Crippen molar-refractivity contribution in [1.82, 2.24) is 5.32 Å². The number of nitrogens with one attached hydrogen (secondary N) is 1. The highest BCUT2D eigenvalue weighted by Gasteiger charge is 2.11. The molecule has 0 saturated heterocycles. The minimum atomic E-state index is -3.46. The fourth-order valence-corrected chi connectivity index (χ4v) is 2.20. The van der Waals surface area contributed by atoms with Gasteiger partial charge in [-0.1, -0.05) is 6.07 Å². The van der Waals surface area contributed by atoms with Gasteiger partial charge in [0.25, 0.3) is 0 Å².